The van der Waals surface area contributed by atoms with Gasteiger partial charge in [0.2, 0.25) is 5.91 Å². The van der Waals surface area contributed by atoms with E-state index in [1.165, 1.54) is 22.4 Å². The summed E-state index contributed by atoms with van der Waals surface area (Å²) >= 11 is 2.97. The summed E-state index contributed by atoms with van der Waals surface area (Å²) in [5, 5.41) is 19.3. The molecular weight excluding hydrogens is 350 g/mol. The van der Waals surface area contributed by atoms with Crippen molar-refractivity contribution in [1.29, 1.82) is 0 Å². The van der Waals surface area contributed by atoms with Crippen LogP contribution < -0.4 is 0 Å². The maximum atomic E-state index is 12.2. The lowest BCUT2D eigenvalue weighted by atomic mass is 9.92. The van der Waals surface area contributed by atoms with Gasteiger partial charge >= 0.3 is 5.97 Å². The summed E-state index contributed by atoms with van der Waals surface area (Å²) in [6.07, 6.45) is 2.28. The molecule has 0 spiro atoms. The molecule has 130 valence electrons. The van der Waals surface area contributed by atoms with Gasteiger partial charge in [-0.15, -0.1) is 11.8 Å². The van der Waals surface area contributed by atoms with Crippen molar-refractivity contribution >= 4 is 35.4 Å². The lowest BCUT2D eigenvalue weighted by Crippen LogP contribution is -2.60. The van der Waals surface area contributed by atoms with Gasteiger partial charge in [0.1, 0.15) is 5.37 Å². The number of hydrogen-bond donors (Lipinski definition) is 2. The van der Waals surface area contributed by atoms with Crippen LogP contribution in [0.2, 0.25) is 0 Å². The lowest BCUT2D eigenvalue weighted by Gasteiger charge is -2.43. The third kappa shape index (κ3) is 2.33. The Labute approximate surface area is 148 Å². The Balaban J connectivity index is 1.52. The van der Waals surface area contributed by atoms with E-state index in [1.54, 1.807) is 18.7 Å². The van der Waals surface area contributed by atoms with Crippen LogP contribution in [0.3, 0.4) is 0 Å². The Morgan fingerprint density at radius 1 is 1.50 bits per heavy atom. The average molecular weight is 369 g/mol. The smallest absolute Gasteiger partial charge is 0.354 e. The summed E-state index contributed by atoms with van der Waals surface area (Å²) in [6.45, 7) is 3.35. The standard InChI is InChI=1S/C15H19N3O4S2/c1-7(19)10-12(20)18-11(14(21)22)15(24-13(10)18)23-9-3-8-4-16(2)6-17(8)5-9/h4,7,9-10,13,19H,3,5-6H2,1-2H3,(H,21,22)/t7-,9?,10-,13+/m1/s1. The molecule has 2 saturated heterocycles. The SMILES string of the molecule is C[C@@H](O)[C@@H]1C(=O)N2C(C(=O)O)=C(SC3CC4=CN(C)CN4C3)S[C@@H]12. The predicted molar refractivity (Wildman–Crippen MR) is 91.5 cm³/mol. The number of thioether (sulfide) groups is 2. The molecule has 7 nitrogen and oxygen atoms in total. The highest BCUT2D eigenvalue weighted by molar-refractivity contribution is 8.23. The molecule has 0 aliphatic carbocycles. The van der Waals surface area contributed by atoms with Crippen LogP contribution >= 0.6 is 23.5 Å². The monoisotopic (exact) mass is 369 g/mol. The third-order valence-corrected chi connectivity index (χ3v) is 7.56. The molecule has 0 bridgehead atoms. The van der Waals surface area contributed by atoms with E-state index in [4.69, 9.17) is 0 Å². The molecule has 4 aliphatic rings. The van der Waals surface area contributed by atoms with Crippen LogP contribution in [0.4, 0.5) is 0 Å². The number of allylic oxidation sites excluding steroid dienone is 1. The molecule has 0 aromatic heterocycles. The van der Waals surface area contributed by atoms with Crippen LogP contribution in [0.15, 0.2) is 21.8 Å². The Morgan fingerprint density at radius 2 is 2.25 bits per heavy atom. The summed E-state index contributed by atoms with van der Waals surface area (Å²) in [7, 11) is 2.04. The van der Waals surface area contributed by atoms with Crippen LogP contribution in [0.5, 0.6) is 0 Å². The molecule has 4 aliphatic heterocycles. The van der Waals surface area contributed by atoms with Crippen LogP contribution in [0.25, 0.3) is 0 Å². The van der Waals surface area contributed by atoms with E-state index in [1.807, 2.05) is 7.05 Å². The number of hydrogen-bond acceptors (Lipinski definition) is 7. The maximum absolute atomic E-state index is 12.2. The van der Waals surface area contributed by atoms with Crippen molar-refractivity contribution in [2.24, 2.45) is 5.92 Å². The van der Waals surface area contributed by atoms with Gasteiger partial charge in [0.15, 0.2) is 5.70 Å². The van der Waals surface area contributed by atoms with Gasteiger partial charge in [0, 0.05) is 37.2 Å². The first-order valence-electron chi connectivity index (χ1n) is 7.84. The second-order valence-electron chi connectivity index (χ2n) is 6.61. The fraction of sp³-hybridized carbons (Fsp3) is 0.600. The molecule has 9 heteroatoms. The van der Waals surface area contributed by atoms with Gasteiger partial charge in [0.05, 0.1) is 22.9 Å². The number of carboxylic acids is 1. The zero-order valence-corrected chi connectivity index (χ0v) is 15.0. The highest BCUT2D eigenvalue weighted by atomic mass is 32.2. The average Bonchev–Trinajstić information content (AvgIpc) is 3.08. The number of carboxylic acid groups (broad SMARTS) is 1. The van der Waals surface area contributed by atoms with Gasteiger partial charge in [-0.25, -0.2) is 4.79 Å². The Bertz CT molecular complexity index is 678. The van der Waals surface area contributed by atoms with E-state index in [9.17, 15) is 19.8 Å². The summed E-state index contributed by atoms with van der Waals surface area (Å²) in [5.41, 5.74) is 1.38. The fourth-order valence-corrected chi connectivity index (χ4v) is 7.06. The maximum Gasteiger partial charge on any atom is 0.354 e. The lowest BCUT2D eigenvalue weighted by molar-refractivity contribution is -0.156. The molecule has 0 saturated carbocycles. The number of β-lactam (4-membered cyclic amide) rings is 1. The number of rotatable bonds is 4. The number of fused-ring (bicyclic) bond motifs is 2. The molecule has 2 fully saturated rings. The number of aliphatic carboxylic acids is 1. The van der Waals surface area contributed by atoms with Crippen LogP contribution in [-0.4, -0.2) is 73.8 Å². The first-order valence-corrected chi connectivity index (χ1v) is 9.60. The van der Waals surface area contributed by atoms with Gasteiger partial charge in [-0.05, 0) is 6.92 Å². The molecular formula is C15H19N3O4S2. The van der Waals surface area contributed by atoms with Gasteiger partial charge < -0.3 is 20.0 Å². The van der Waals surface area contributed by atoms with E-state index in [-0.39, 0.29) is 17.0 Å². The largest absolute Gasteiger partial charge is 0.477 e. The molecule has 1 unspecified atom stereocenters. The molecule has 1 amide bonds. The van der Waals surface area contributed by atoms with Crippen molar-refractivity contribution in [3.63, 3.8) is 0 Å². The van der Waals surface area contributed by atoms with Crippen molar-refractivity contribution in [3.05, 3.63) is 21.8 Å². The molecule has 4 rings (SSSR count). The molecule has 0 aromatic carbocycles. The highest BCUT2D eigenvalue weighted by Gasteiger charge is 2.58. The summed E-state index contributed by atoms with van der Waals surface area (Å²) < 4.78 is 0.698. The molecule has 4 atom stereocenters. The first kappa shape index (κ1) is 16.2. The van der Waals surface area contributed by atoms with E-state index >= 15 is 0 Å². The van der Waals surface area contributed by atoms with Crippen molar-refractivity contribution < 1.29 is 19.8 Å². The Morgan fingerprint density at radius 3 is 2.88 bits per heavy atom. The van der Waals surface area contributed by atoms with E-state index in [0.29, 0.717) is 9.49 Å². The number of amides is 1. The van der Waals surface area contributed by atoms with Crippen molar-refractivity contribution in [3.8, 4) is 0 Å². The highest BCUT2D eigenvalue weighted by Crippen LogP contribution is 2.55. The number of carbonyl (C=O) groups excluding carboxylic acids is 1. The first-order chi connectivity index (χ1) is 11.4. The van der Waals surface area contributed by atoms with Crippen molar-refractivity contribution in [2.45, 2.75) is 30.1 Å². The summed E-state index contributed by atoms with van der Waals surface area (Å²) in [5.74, 6) is -1.86. The van der Waals surface area contributed by atoms with Crippen LogP contribution in [-0.2, 0) is 9.59 Å². The van der Waals surface area contributed by atoms with Gasteiger partial charge in [-0.3, -0.25) is 9.69 Å². The molecule has 2 N–H and O–H groups in total. The molecule has 0 aromatic rings. The zero-order valence-electron chi connectivity index (χ0n) is 13.4. The minimum atomic E-state index is -1.07. The number of aliphatic hydroxyl groups is 1. The fourth-order valence-electron chi connectivity index (χ4n) is 3.70. The Kier molecular flexibility index (Phi) is 3.77. The quantitative estimate of drug-likeness (QED) is 0.701. The van der Waals surface area contributed by atoms with Gasteiger partial charge in [-0.1, -0.05) is 11.8 Å². The zero-order chi connectivity index (χ0) is 17.2. The van der Waals surface area contributed by atoms with Gasteiger partial charge in [0.25, 0.3) is 0 Å². The topological polar surface area (TPSA) is 84.3 Å². The van der Waals surface area contributed by atoms with Crippen LogP contribution in [0.1, 0.15) is 13.3 Å². The second-order valence-corrected chi connectivity index (χ2v) is 9.31. The number of nitrogens with zero attached hydrogens (tertiary/aromatic N) is 3. The van der Waals surface area contributed by atoms with Crippen molar-refractivity contribution in [2.75, 3.05) is 20.3 Å². The minimum absolute atomic E-state index is 0.0926. The summed E-state index contributed by atoms with van der Waals surface area (Å²) in [4.78, 5) is 29.7. The van der Waals surface area contributed by atoms with Gasteiger partial charge in [-0.2, -0.15) is 0 Å². The second kappa shape index (κ2) is 5.60. The summed E-state index contributed by atoms with van der Waals surface area (Å²) in [6, 6.07) is 0. The van der Waals surface area contributed by atoms with Crippen LogP contribution in [0, 0.1) is 5.92 Å². The third-order valence-electron chi connectivity index (χ3n) is 4.77. The van der Waals surface area contributed by atoms with E-state index in [2.05, 4.69) is 16.0 Å². The van der Waals surface area contributed by atoms with Crippen molar-refractivity contribution in [1.82, 2.24) is 14.7 Å². The Hall–Kier alpha value is -1.32. The number of aliphatic hydroxyl groups excluding tert-OH is 1. The van der Waals surface area contributed by atoms with E-state index in [0.717, 1.165) is 19.6 Å². The molecule has 4 heterocycles. The molecule has 0 radical (unpaired) electrons. The minimum Gasteiger partial charge on any atom is -0.477 e. The molecule has 24 heavy (non-hydrogen) atoms. The normalized spacial score (nSPS) is 32.8. The van der Waals surface area contributed by atoms with E-state index < -0.39 is 18.0 Å². The predicted octanol–water partition coefficient (Wildman–Crippen LogP) is 0.704. The number of carbonyl (C=O) groups is 2.